The van der Waals surface area contributed by atoms with Crippen molar-refractivity contribution in [3.8, 4) is 11.3 Å². The van der Waals surface area contributed by atoms with E-state index in [2.05, 4.69) is 33.7 Å². The van der Waals surface area contributed by atoms with E-state index in [1.165, 1.54) is 17.7 Å². The number of hydrogen-bond acceptors (Lipinski definition) is 4. The van der Waals surface area contributed by atoms with Gasteiger partial charge in [-0.1, -0.05) is 36.4 Å². The van der Waals surface area contributed by atoms with E-state index < -0.39 is 11.7 Å². The Kier molecular flexibility index (Phi) is 7.08. The number of hydrogen-bond donors (Lipinski definition) is 2. The fourth-order valence-corrected chi connectivity index (χ4v) is 4.08. The topological polar surface area (TPSA) is 57.5 Å². The van der Waals surface area contributed by atoms with E-state index in [4.69, 9.17) is 4.42 Å². The summed E-state index contributed by atoms with van der Waals surface area (Å²) in [5.74, 6) is -0.392. The van der Waals surface area contributed by atoms with Crippen LogP contribution in [0.25, 0.3) is 22.3 Å². The Hall–Kier alpha value is -3.19. The second-order valence-electron chi connectivity index (χ2n) is 7.99. The van der Waals surface area contributed by atoms with Gasteiger partial charge in [-0.05, 0) is 42.0 Å². The highest BCUT2D eigenvalue weighted by Gasteiger charge is 2.16. The summed E-state index contributed by atoms with van der Waals surface area (Å²) in [5.41, 5.74) is 3.34. The molecular weight excluding hydrogens is 441 g/mol. The first-order chi connectivity index (χ1) is 15.7. The minimum Gasteiger partial charge on any atom is -0.456 e. The number of halogens is 2. The highest BCUT2D eigenvalue weighted by Crippen LogP contribution is 2.33. The Balaban J connectivity index is 0.00000259. The molecule has 2 N–H and O–H groups in total. The Labute approximate surface area is 198 Å². The van der Waals surface area contributed by atoms with E-state index in [0.29, 0.717) is 11.4 Å². The minimum atomic E-state index is -0.553. The summed E-state index contributed by atoms with van der Waals surface area (Å²) < 4.78 is 20.2. The molecule has 0 unspecified atom stereocenters. The third kappa shape index (κ3) is 5.09. The van der Waals surface area contributed by atoms with Crippen molar-refractivity contribution in [2.24, 2.45) is 0 Å². The molecule has 5 rings (SSSR count). The van der Waals surface area contributed by atoms with Gasteiger partial charge in [0.2, 0.25) is 0 Å². The van der Waals surface area contributed by atoms with Gasteiger partial charge in [-0.15, -0.1) is 12.4 Å². The third-order valence-corrected chi connectivity index (χ3v) is 5.76. The highest BCUT2D eigenvalue weighted by molar-refractivity contribution is 6.06. The summed E-state index contributed by atoms with van der Waals surface area (Å²) in [7, 11) is 0. The number of carbonyl (C=O) groups excluding carboxylic acids is 1. The molecule has 1 aliphatic heterocycles. The maximum Gasteiger partial charge on any atom is 0.258 e. The lowest BCUT2D eigenvalue weighted by molar-refractivity contribution is 0.102. The molecule has 1 saturated heterocycles. The molecule has 0 atom stereocenters. The average molecular weight is 466 g/mol. The first kappa shape index (κ1) is 23.0. The number of piperazine rings is 1. The molecule has 1 amide bonds. The van der Waals surface area contributed by atoms with Crippen molar-refractivity contribution in [2.45, 2.75) is 6.54 Å². The zero-order valence-electron chi connectivity index (χ0n) is 18.0. The van der Waals surface area contributed by atoms with Crippen LogP contribution >= 0.6 is 12.4 Å². The lowest BCUT2D eigenvalue weighted by atomic mass is 10.1. The maximum atomic E-state index is 14.0. The van der Waals surface area contributed by atoms with E-state index in [1.807, 2.05) is 24.3 Å². The maximum absolute atomic E-state index is 14.0. The summed E-state index contributed by atoms with van der Waals surface area (Å²) in [5, 5.41) is 7.20. The van der Waals surface area contributed by atoms with Gasteiger partial charge in [-0.3, -0.25) is 9.69 Å². The molecule has 2 heterocycles. The standard InChI is InChI=1S/C26H24FN3O2.ClH/c27-22-7-3-1-5-20(22)26(31)29-23-8-4-2-6-21(23)25-16-19-10-9-18(15-24(19)32-25)17-30-13-11-28-12-14-30;/h1-10,15-16,28H,11-14,17H2,(H,29,31);1H. The molecule has 0 spiro atoms. The van der Waals surface area contributed by atoms with Crippen LogP contribution in [0.15, 0.2) is 77.2 Å². The molecular formula is C26H25ClFN3O2. The van der Waals surface area contributed by atoms with Gasteiger partial charge >= 0.3 is 0 Å². The van der Waals surface area contributed by atoms with Crippen molar-refractivity contribution >= 4 is 35.0 Å². The van der Waals surface area contributed by atoms with Crippen LogP contribution in [0, 0.1) is 5.82 Å². The van der Waals surface area contributed by atoms with Crippen molar-refractivity contribution < 1.29 is 13.6 Å². The fraction of sp³-hybridized carbons (Fsp3) is 0.192. The molecule has 1 fully saturated rings. The van der Waals surface area contributed by atoms with Crippen molar-refractivity contribution in [3.05, 3.63) is 89.7 Å². The number of nitrogens with zero attached hydrogens (tertiary/aromatic N) is 1. The number of furan rings is 1. The second kappa shape index (κ2) is 10.2. The van der Waals surface area contributed by atoms with Crippen LogP contribution in [0.1, 0.15) is 15.9 Å². The van der Waals surface area contributed by atoms with Crippen molar-refractivity contribution in [2.75, 3.05) is 31.5 Å². The van der Waals surface area contributed by atoms with Crippen LogP contribution in [-0.4, -0.2) is 37.0 Å². The lowest BCUT2D eigenvalue weighted by Gasteiger charge is -2.27. The van der Waals surface area contributed by atoms with Gasteiger partial charge in [0, 0.05) is 43.7 Å². The van der Waals surface area contributed by atoms with E-state index >= 15 is 0 Å². The lowest BCUT2D eigenvalue weighted by Crippen LogP contribution is -2.42. The quantitative estimate of drug-likeness (QED) is 0.419. The summed E-state index contributed by atoms with van der Waals surface area (Å²) in [4.78, 5) is 15.1. The summed E-state index contributed by atoms with van der Waals surface area (Å²) in [6.45, 7) is 5.00. The molecule has 5 nitrogen and oxygen atoms in total. The Morgan fingerprint density at radius 3 is 2.58 bits per heavy atom. The molecule has 170 valence electrons. The van der Waals surface area contributed by atoms with Crippen molar-refractivity contribution in [1.82, 2.24) is 10.2 Å². The normalized spacial score (nSPS) is 14.1. The first-order valence-electron chi connectivity index (χ1n) is 10.8. The Bertz CT molecular complexity index is 1270. The van der Waals surface area contributed by atoms with Crippen LogP contribution in [0.2, 0.25) is 0 Å². The SMILES string of the molecule is Cl.O=C(Nc1ccccc1-c1cc2ccc(CN3CCNCC3)cc2o1)c1ccccc1F. The van der Waals surface area contributed by atoms with Gasteiger partial charge in [0.25, 0.3) is 5.91 Å². The molecule has 7 heteroatoms. The summed E-state index contributed by atoms with van der Waals surface area (Å²) in [6.07, 6.45) is 0. The van der Waals surface area contributed by atoms with Gasteiger partial charge in [0.15, 0.2) is 0 Å². The van der Waals surface area contributed by atoms with E-state index in [0.717, 1.165) is 49.3 Å². The molecule has 33 heavy (non-hydrogen) atoms. The number of para-hydroxylation sites is 1. The number of anilines is 1. The number of carbonyl (C=O) groups is 1. The zero-order chi connectivity index (χ0) is 21.9. The smallest absolute Gasteiger partial charge is 0.258 e. The Morgan fingerprint density at radius 2 is 1.76 bits per heavy atom. The molecule has 3 aromatic carbocycles. The van der Waals surface area contributed by atoms with Crippen LogP contribution in [-0.2, 0) is 6.54 Å². The van der Waals surface area contributed by atoms with Crippen molar-refractivity contribution in [3.63, 3.8) is 0 Å². The summed E-state index contributed by atoms with van der Waals surface area (Å²) >= 11 is 0. The molecule has 1 aliphatic rings. The van der Waals surface area contributed by atoms with Gasteiger partial charge in [0.05, 0.1) is 11.3 Å². The van der Waals surface area contributed by atoms with Crippen LogP contribution in [0.4, 0.5) is 10.1 Å². The molecule has 1 aromatic heterocycles. The predicted molar refractivity (Wildman–Crippen MR) is 131 cm³/mol. The van der Waals surface area contributed by atoms with Crippen LogP contribution < -0.4 is 10.6 Å². The van der Waals surface area contributed by atoms with Gasteiger partial charge in [0.1, 0.15) is 17.2 Å². The first-order valence-corrected chi connectivity index (χ1v) is 10.8. The van der Waals surface area contributed by atoms with E-state index in [9.17, 15) is 9.18 Å². The molecule has 0 aliphatic carbocycles. The second-order valence-corrected chi connectivity index (χ2v) is 7.99. The molecule has 0 saturated carbocycles. The summed E-state index contributed by atoms with van der Waals surface area (Å²) in [6, 6.07) is 21.6. The number of nitrogens with one attached hydrogen (secondary N) is 2. The van der Waals surface area contributed by atoms with Crippen LogP contribution in [0.3, 0.4) is 0 Å². The third-order valence-electron chi connectivity index (χ3n) is 5.76. The number of benzene rings is 3. The molecule has 0 bridgehead atoms. The monoisotopic (exact) mass is 465 g/mol. The fourth-order valence-electron chi connectivity index (χ4n) is 4.08. The largest absolute Gasteiger partial charge is 0.456 e. The zero-order valence-corrected chi connectivity index (χ0v) is 18.8. The molecule has 0 radical (unpaired) electrons. The van der Waals surface area contributed by atoms with Gasteiger partial charge in [-0.2, -0.15) is 0 Å². The Morgan fingerprint density at radius 1 is 1.00 bits per heavy atom. The van der Waals surface area contributed by atoms with E-state index in [1.54, 1.807) is 18.2 Å². The number of fused-ring (bicyclic) bond motifs is 1. The molecule has 4 aromatic rings. The predicted octanol–water partition coefficient (Wildman–Crippen LogP) is 5.32. The average Bonchev–Trinajstić information content (AvgIpc) is 3.23. The van der Waals surface area contributed by atoms with E-state index in [-0.39, 0.29) is 18.0 Å². The van der Waals surface area contributed by atoms with Gasteiger partial charge < -0.3 is 15.1 Å². The minimum absolute atomic E-state index is 0. The van der Waals surface area contributed by atoms with Crippen LogP contribution in [0.5, 0.6) is 0 Å². The highest BCUT2D eigenvalue weighted by atomic mass is 35.5. The van der Waals surface area contributed by atoms with Gasteiger partial charge in [-0.25, -0.2) is 4.39 Å². The number of amides is 1. The number of rotatable bonds is 5. The van der Waals surface area contributed by atoms with Crippen molar-refractivity contribution in [1.29, 1.82) is 0 Å².